The number of amides is 2. The molecule has 1 rings (SSSR count). The zero-order valence-corrected chi connectivity index (χ0v) is 9.63. The highest BCUT2D eigenvalue weighted by molar-refractivity contribution is 5.83. The lowest BCUT2D eigenvalue weighted by Crippen LogP contribution is -2.50. The summed E-state index contributed by atoms with van der Waals surface area (Å²) in [4.78, 5) is 22.3. The van der Waals surface area contributed by atoms with Gasteiger partial charge in [-0.25, -0.2) is 0 Å². The highest BCUT2D eigenvalue weighted by atomic mass is 16.2. The molecule has 2 amide bonds. The SMILES string of the molecule is NCC1(C(=O)NCCCCC(N)=O)CCC1. The van der Waals surface area contributed by atoms with Crippen molar-refractivity contribution in [1.29, 1.82) is 0 Å². The Morgan fingerprint density at radius 3 is 2.38 bits per heavy atom. The van der Waals surface area contributed by atoms with Crippen LogP contribution in [0.3, 0.4) is 0 Å². The zero-order valence-electron chi connectivity index (χ0n) is 9.63. The Morgan fingerprint density at radius 1 is 1.25 bits per heavy atom. The molecule has 0 aromatic heterocycles. The molecule has 0 unspecified atom stereocenters. The number of unbranched alkanes of at least 4 members (excludes halogenated alkanes) is 1. The molecule has 0 aromatic rings. The zero-order chi connectivity index (χ0) is 12.0. The highest BCUT2D eigenvalue weighted by Crippen LogP contribution is 2.39. The van der Waals surface area contributed by atoms with E-state index >= 15 is 0 Å². The van der Waals surface area contributed by atoms with Crippen molar-refractivity contribution < 1.29 is 9.59 Å². The maximum atomic E-state index is 11.8. The van der Waals surface area contributed by atoms with Gasteiger partial charge in [0.25, 0.3) is 0 Å². The quantitative estimate of drug-likeness (QED) is 0.529. The first-order valence-electron chi connectivity index (χ1n) is 5.87. The lowest BCUT2D eigenvalue weighted by Gasteiger charge is -2.39. The molecule has 5 N–H and O–H groups in total. The van der Waals surface area contributed by atoms with Crippen molar-refractivity contribution in [2.45, 2.75) is 38.5 Å². The van der Waals surface area contributed by atoms with Crippen LogP contribution in [0.2, 0.25) is 0 Å². The van der Waals surface area contributed by atoms with Crippen LogP contribution in [0, 0.1) is 5.41 Å². The van der Waals surface area contributed by atoms with Gasteiger partial charge < -0.3 is 16.8 Å². The molecule has 5 nitrogen and oxygen atoms in total. The van der Waals surface area contributed by atoms with E-state index in [1.807, 2.05) is 0 Å². The van der Waals surface area contributed by atoms with Crippen LogP contribution in [0.4, 0.5) is 0 Å². The summed E-state index contributed by atoms with van der Waals surface area (Å²) in [6, 6.07) is 0. The Hall–Kier alpha value is -1.10. The largest absolute Gasteiger partial charge is 0.370 e. The molecule has 0 spiro atoms. The van der Waals surface area contributed by atoms with Gasteiger partial charge in [-0.1, -0.05) is 6.42 Å². The maximum absolute atomic E-state index is 11.8. The van der Waals surface area contributed by atoms with E-state index in [1.54, 1.807) is 0 Å². The summed E-state index contributed by atoms with van der Waals surface area (Å²) in [6.45, 7) is 1.04. The van der Waals surface area contributed by atoms with Crippen LogP contribution < -0.4 is 16.8 Å². The van der Waals surface area contributed by atoms with E-state index in [0.29, 0.717) is 19.5 Å². The van der Waals surface area contributed by atoms with Crippen LogP contribution in [0.25, 0.3) is 0 Å². The van der Waals surface area contributed by atoms with E-state index in [9.17, 15) is 9.59 Å². The molecule has 0 atom stereocenters. The monoisotopic (exact) mass is 227 g/mol. The average Bonchev–Trinajstić information content (AvgIpc) is 2.16. The van der Waals surface area contributed by atoms with E-state index in [2.05, 4.69) is 5.32 Å². The Morgan fingerprint density at radius 2 is 1.94 bits per heavy atom. The number of nitrogens with one attached hydrogen (secondary N) is 1. The molecule has 1 fully saturated rings. The van der Waals surface area contributed by atoms with Crippen LogP contribution in [0.1, 0.15) is 38.5 Å². The number of hydrogen-bond acceptors (Lipinski definition) is 3. The van der Waals surface area contributed by atoms with E-state index in [-0.39, 0.29) is 17.2 Å². The number of nitrogens with two attached hydrogens (primary N) is 2. The first-order chi connectivity index (χ1) is 7.60. The summed E-state index contributed by atoms with van der Waals surface area (Å²) in [5, 5.41) is 2.88. The summed E-state index contributed by atoms with van der Waals surface area (Å²) in [5.41, 5.74) is 10.3. The van der Waals surface area contributed by atoms with Crippen molar-refractivity contribution in [2.24, 2.45) is 16.9 Å². The molecule has 0 bridgehead atoms. The molecular formula is C11H21N3O2. The van der Waals surface area contributed by atoms with Crippen molar-refractivity contribution in [1.82, 2.24) is 5.32 Å². The molecule has 1 aliphatic carbocycles. The second kappa shape index (κ2) is 5.84. The summed E-state index contributed by atoms with van der Waals surface area (Å²) < 4.78 is 0. The Balaban J connectivity index is 2.13. The van der Waals surface area contributed by atoms with Crippen LogP contribution in [-0.4, -0.2) is 24.9 Å². The van der Waals surface area contributed by atoms with Gasteiger partial charge in [0, 0.05) is 19.5 Å². The predicted octanol–water partition coefficient (Wildman–Crippen LogP) is -0.113. The standard InChI is InChI=1S/C11H21N3O2/c12-8-11(5-3-6-11)10(16)14-7-2-1-4-9(13)15/h1-8,12H2,(H2,13,15)(H,14,16). The number of primary amides is 1. The molecule has 92 valence electrons. The minimum absolute atomic E-state index is 0.0697. The van der Waals surface area contributed by atoms with Gasteiger partial charge in [-0.15, -0.1) is 0 Å². The molecule has 16 heavy (non-hydrogen) atoms. The normalized spacial score (nSPS) is 17.6. The third-order valence-electron chi connectivity index (χ3n) is 3.32. The van der Waals surface area contributed by atoms with E-state index in [4.69, 9.17) is 11.5 Å². The maximum Gasteiger partial charge on any atom is 0.227 e. The molecule has 1 aliphatic rings. The summed E-state index contributed by atoms with van der Waals surface area (Å²) in [5.74, 6) is -0.218. The van der Waals surface area contributed by atoms with Gasteiger partial charge in [0.15, 0.2) is 0 Å². The predicted molar refractivity (Wildman–Crippen MR) is 61.4 cm³/mol. The molecular weight excluding hydrogens is 206 g/mol. The van der Waals surface area contributed by atoms with E-state index in [1.165, 1.54) is 0 Å². The minimum atomic E-state index is -0.302. The van der Waals surface area contributed by atoms with E-state index in [0.717, 1.165) is 32.1 Å². The van der Waals surface area contributed by atoms with Crippen molar-refractivity contribution in [2.75, 3.05) is 13.1 Å². The number of carbonyl (C=O) groups is 2. The van der Waals surface area contributed by atoms with Crippen molar-refractivity contribution in [3.63, 3.8) is 0 Å². The molecule has 0 heterocycles. The number of rotatable bonds is 7. The Bertz CT molecular complexity index is 256. The Kier molecular flexibility index (Phi) is 4.73. The van der Waals surface area contributed by atoms with E-state index < -0.39 is 0 Å². The van der Waals surface area contributed by atoms with Crippen LogP contribution in [-0.2, 0) is 9.59 Å². The summed E-state index contributed by atoms with van der Waals surface area (Å²) in [6.07, 6.45) is 4.79. The fraction of sp³-hybridized carbons (Fsp3) is 0.818. The van der Waals surface area contributed by atoms with Gasteiger partial charge in [-0.05, 0) is 25.7 Å². The van der Waals surface area contributed by atoms with Crippen molar-refractivity contribution in [3.8, 4) is 0 Å². The van der Waals surface area contributed by atoms with Crippen molar-refractivity contribution in [3.05, 3.63) is 0 Å². The fourth-order valence-electron chi connectivity index (χ4n) is 1.94. The fourth-order valence-corrected chi connectivity index (χ4v) is 1.94. The van der Waals surface area contributed by atoms with Gasteiger partial charge in [-0.2, -0.15) is 0 Å². The number of hydrogen-bond donors (Lipinski definition) is 3. The molecule has 0 aliphatic heterocycles. The van der Waals surface area contributed by atoms with Gasteiger partial charge in [-0.3, -0.25) is 9.59 Å². The van der Waals surface area contributed by atoms with Gasteiger partial charge in [0.1, 0.15) is 0 Å². The highest BCUT2D eigenvalue weighted by Gasteiger charge is 2.42. The lowest BCUT2D eigenvalue weighted by molar-refractivity contribution is -0.135. The Labute approximate surface area is 95.9 Å². The summed E-state index contributed by atoms with van der Waals surface area (Å²) in [7, 11) is 0. The smallest absolute Gasteiger partial charge is 0.227 e. The van der Waals surface area contributed by atoms with Gasteiger partial charge in [0.05, 0.1) is 5.41 Å². The second-order valence-corrected chi connectivity index (χ2v) is 4.52. The lowest BCUT2D eigenvalue weighted by atomic mass is 9.68. The van der Waals surface area contributed by atoms with Gasteiger partial charge >= 0.3 is 0 Å². The van der Waals surface area contributed by atoms with Gasteiger partial charge in [0.2, 0.25) is 11.8 Å². The molecule has 0 saturated heterocycles. The summed E-state index contributed by atoms with van der Waals surface area (Å²) >= 11 is 0. The second-order valence-electron chi connectivity index (χ2n) is 4.52. The third kappa shape index (κ3) is 3.20. The molecule has 0 radical (unpaired) electrons. The van der Waals surface area contributed by atoms with Crippen LogP contribution in [0.15, 0.2) is 0 Å². The third-order valence-corrected chi connectivity index (χ3v) is 3.32. The van der Waals surface area contributed by atoms with Crippen LogP contribution in [0.5, 0.6) is 0 Å². The first-order valence-corrected chi connectivity index (χ1v) is 5.87. The molecule has 5 heteroatoms. The number of carbonyl (C=O) groups excluding carboxylic acids is 2. The minimum Gasteiger partial charge on any atom is -0.370 e. The molecule has 0 aromatic carbocycles. The molecule has 1 saturated carbocycles. The van der Waals surface area contributed by atoms with Crippen molar-refractivity contribution >= 4 is 11.8 Å². The topological polar surface area (TPSA) is 98.2 Å². The van der Waals surface area contributed by atoms with Crippen LogP contribution >= 0.6 is 0 Å². The first kappa shape index (κ1) is 13.0. The average molecular weight is 227 g/mol.